The van der Waals surface area contributed by atoms with Crippen molar-refractivity contribution in [3.8, 4) is 5.88 Å². The van der Waals surface area contributed by atoms with Gasteiger partial charge in [-0.1, -0.05) is 19.4 Å². The minimum atomic E-state index is 0.129. The third kappa shape index (κ3) is 3.29. The van der Waals surface area contributed by atoms with Crippen LogP contribution in [0.5, 0.6) is 5.88 Å². The molecular weight excluding hydrogens is 264 g/mol. The van der Waals surface area contributed by atoms with Crippen molar-refractivity contribution >= 4 is 22.7 Å². The number of aromatic nitrogens is 3. The summed E-state index contributed by atoms with van der Waals surface area (Å²) < 4.78 is 6.00. The topological polar surface area (TPSA) is 63.2 Å². The van der Waals surface area contributed by atoms with Crippen LogP contribution in [-0.4, -0.2) is 34.5 Å². The smallest absolute Gasteiger partial charge is 0.225 e. The van der Waals surface area contributed by atoms with Crippen molar-refractivity contribution in [3.05, 3.63) is 24.0 Å². The van der Waals surface area contributed by atoms with Crippen LogP contribution in [0.3, 0.4) is 0 Å². The number of hydrogen-bond acceptors (Lipinski definition) is 4. The monoisotopic (exact) mass is 286 g/mol. The van der Waals surface area contributed by atoms with Crippen molar-refractivity contribution < 1.29 is 4.74 Å². The molecule has 2 rings (SSSR count). The van der Waals surface area contributed by atoms with E-state index in [1.165, 1.54) is 0 Å². The molecule has 21 heavy (non-hydrogen) atoms. The minimum Gasteiger partial charge on any atom is -0.474 e. The molecule has 5 nitrogen and oxygen atoms in total. The first-order valence-corrected chi connectivity index (χ1v) is 7.29. The van der Waals surface area contributed by atoms with Crippen LogP contribution in [0.4, 0.5) is 0 Å². The maximum absolute atomic E-state index is 6.00. The highest BCUT2D eigenvalue weighted by atomic mass is 16.5. The standard InChI is InChI=1S/C16H22N4O/c1-5-7-11(3)21-16-14-13(8-9-18-16)19-20-15(14)12(6-2)10-17-4/h6,8-11H,5,7H2,1-4H3,(H,19,20)/b12-6+,17-10?. The Morgan fingerprint density at radius 3 is 3.00 bits per heavy atom. The normalized spacial score (nSPS) is 14.0. The molecule has 2 heterocycles. The molecule has 5 heteroatoms. The van der Waals surface area contributed by atoms with Gasteiger partial charge in [-0.3, -0.25) is 10.1 Å². The van der Waals surface area contributed by atoms with Crippen molar-refractivity contribution in [2.45, 2.75) is 39.7 Å². The van der Waals surface area contributed by atoms with Crippen LogP contribution in [0.2, 0.25) is 0 Å². The average Bonchev–Trinajstić information content (AvgIpc) is 2.90. The molecule has 2 aromatic heterocycles. The maximum atomic E-state index is 6.00. The van der Waals surface area contributed by atoms with Gasteiger partial charge >= 0.3 is 0 Å². The van der Waals surface area contributed by atoms with E-state index in [4.69, 9.17) is 4.74 Å². The second kappa shape index (κ2) is 7.02. The highest BCUT2D eigenvalue weighted by molar-refractivity contribution is 6.14. The van der Waals surface area contributed by atoms with Gasteiger partial charge in [-0.15, -0.1) is 0 Å². The Hall–Kier alpha value is -2.17. The Morgan fingerprint density at radius 1 is 1.52 bits per heavy atom. The fraction of sp³-hybridized carbons (Fsp3) is 0.438. The molecule has 0 fully saturated rings. The number of rotatable bonds is 6. The summed E-state index contributed by atoms with van der Waals surface area (Å²) in [4.78, 5) is 8.47. The third-order valence-corrected chi connectivity index (χ3v) is 3.30. The van der Waals surface area contributed by atoms with Crippen molar-refractivity contribution in [1.82, 2.24) is 15.2 Å². The van der Waals surface area contributed by atoms with E-state index in [1.54, 1.807) is 19.5 Å². The van der Waals surface area contributed by atoms with Gasteiger partial charge in [-0.25, -0.2) is 4.98 Å². The summed E-state index contributed by atoms with van der Waals surface area (Å²) in [5.74, 6) is 0.626. The number of nitrogens with one attached hydrogen (secondary N) is 1. The summed E-state index contributed by atoms with van der Waals surface area (Å²) in [5.41, 5.74) is 2.69. The van der Waals surface area contributed by atoms with Crippen molar-refractivity contribution in [2.75, 3.05) is 7.05 Å². The summed E-state index contributed by atoms with van der Waals surface area (Å²) in [6.45, 7) is 6.18. The van der Waals surface area contributed by atoms with E-state index in [0.29, 0.717) is 5.88 Å². The number of aromatic amines is 1. The van der Waals surface area contributed by atoms with E-state index in [9.17, 15) is 0 Å². The predicted octanol–water partition coefficient (Wildman–Crippen LogP) is 3.63. The number of ether oxygens (including phenoxy) is 1. The largest absolute Gasteiger partial charge is 0.474 e. The Kier molecular flexibility index (Phi) is 5.09. The van der Waals surface area contributed by atoms with Crippen LogP contribution in [0.15, 0.2) is 23.3 Å². The molecule has 0 radical (unpaired) electrons. The molecule has 0 aliphatic carbocycles. The molecule has 0 amide bonds. The molecule has 0 aliphatic rings. The highest BCUT2D eigenvalue weighted by Gasteiger charge is 2.16. The number of allylic oxidation sites excluding steroid dienone is 2. The number of pyridine rings is 1. The van der Waals surface area contributed by atoms with E-state index in [2.05, 4.69) is 34.0 Å². The summed E-state index contributed by atoms with van der Waals surface area (Å²) in [7, 11) is 1.75. The molecule has 0 spiro atoms. The molecule has 0 bridgehead atoms. The Bertz CT molecular complexity index is 657. The first kappa shape index (κ1) is 15.2. The summed E-state index contributed by atoms with van der Waals surface area (Å²) in [6.07, 6.45) is 7.72. The van der Waals surface area contributed by atoms with Crippen molar-refractivity contribution in [3.63, 3.8) is 0 Å². The highest BCUT2D eigenvalue weighted by Crippen LogP contribution is 2.29. The second-order valence-electron chi connectivity index (χ2n) is 4.96. The lowest BCUT2D eigenvalue weighted by Crippen LogP contribution is -2.12. The number of H-pyrrole nitrogens is 1. The second-order valence-corrected chi connectivity index (χ2v) is 4.96. The Balaban J connectivity index is 2.49. The number of nitrogens with zero attached hydrogens (tertiary/aromatic N) is 3. The van der Waals surface area contributed by atoms with Crippen LogP contribution in [0.1, 0.15) is 39.3 Å². The van der Waals surface area contributed by atoms with E-state index in [-0.39, 0.29) is 6.10 Å². The first-order chi connectivity index (χ1) is 10.2. The number of aliphatic imine (C=N–C) groups is 1. The van der Waals surface area contributed by atoms with Crippen LogP contribution >= 0.6 is 0 Å². The van der Waals surface area contributed by atoms with E-state index < -0.39 is 0 Å². The molecule has 1 atom stereocenters. The van der Waals surface area contributed by atoms with Gasteiger partial charge in [0, 0.05) is 25.0 Å². The maximum Gasteiger partial charge on any atom is 0.225 e. The lowest BCUT2D eigenvalue weighted by molar-refractivity contribution is 0.204. The minimum absolute atomic E-state index is 0.129. The zero-order valence-electron chi connectivity index (χ0n) is 13.1. The van der Waals surface area contributed by atoms with Gasteiger partial charge in [0.25, 0.3) is 0 Å². The average molecular weight is 286 g/mol. The van der Waals surface area contributed by atoms with Crippen LogP contribution < -0.4 is 4.74 Å². The van der Waals surface area contributed by atoms with E-state index >= 15 is 0 Å². The fourth-order valence-electron chi connectivity index (χ4n) is 2.30. The number of hydrogen-bond donors (Lipinski definition) is 1. The molecule has 0 saturated heterocycles. The van der Waals surface area contributed by atoms with Crippen LogP contribution in [-0.2, 0) is 0 Å². The lowest BCUT2D eigenvalue weighted by Gasteiger charge is -2.13. The molecule has 0 aromatic carbocycles. The molecule has 0 aliphatic heterocycles. The lowest BCUT2D eigenvalue weighted by atomic mass is 10.1. The molecule has 2 aromatic rings. The molecule has 1 unspecified atom stereocenters. The summed E-state index contributed by atoms with van der Waals surface area (Å²) in [5, 5.41) is 8.34. The van der Waals surface area contributed by atoms with Crippen LogP contribution in [0.25, 0.3) is 16.5 Å². The predicted molar refractivity (Wildman–Crippen MR) is 87.0 cm³/mol. The fourth-order valence-corrected chi connectivity index (χ4v) is 2.30. The Labute approximate surface area is 125 Å². The SMILES string of the molecule is C/C=C(\C=NC)c1n[nH]c2ccnc(OC(C)CCC)c12. The van der Waals surface area contributed by atoms with Gasteiger partial charge in [0.2, 0.25) is 5.88 Å². The van der Waals surface area contributed by atoms with Gasteiger partial charge in [-0.2, -0.15) is 5.10 Å². The third-order valence-electron chi connectivity index (χ3n) is 3.30. The van der Waals surface area contributed by atoms with Crippen molar-refractivity contribution in [1.29, 1.82) is 0 Å². The van der Waals surface area contributed by atoms with Gasteiger partial charge in [0.05, 0.1) is 17.0 Å². The Morgan fingerprint density at radius 2 is 2.33 bits per heavy atom. The quantitative estimate of drug-likeness (QED) is 0.825. The zero-order chi connectivity index (χ0) is 15.2. The molecule has 112 valence electrons. The van der Waals surface area contributed by atoms with E-state index in [1.807, 2.05) is 19.1 Å². The van der Waals surface area contributed by atoms with Gasteiger partial charge < -0.3 is 4.74 Å². The summed E-state index contributed by atoms with van der Waals surface area (Å²) >= 11 is 0. The molecular formula is C16H22N4O. The van der Waals surface area contributed by atoms with E-state index in [0.717, 1.165) is 35.0 Å². The van der Waals surface area contributed by atoms with Crippen molar-refractivity contribution in [2.24, 2.45) is 4.99 Å². The van der Waals surface area contributed by atoms with Crippen LogP contribution in [0, 0.1) is 0 Å². The van der Waals surface area contributed by atoms with Gasteiger partial charge in [0.15, 0.2) is 0 Å². The first-order valence-electron chi connectivity index (χ1n) is 7.29. The summed E-state index contributed by atoms with van der Waals surface area (Å²) in [6, 6.07) is 1.90. The molecule has 0 saturated carbocycles. The van der Waals surface area contributed by atoms with Gasteiger partial charge in [-0.05, 0) is 26.3 Å². The zero-order valence-corrected chi connectivity index (χ0v) is 13.1. The molecule has 1 N–H and O–H groups in total. The van der Waals surface area contributed by atoms with Gasteiger partial charge in [0.1, 0.15) is 5.69 Å². The number of fused-ring (bicyclic) bond motifs is 1.